The molecule has 0 fully saturated rings. The number of pyridine rings is 2. The molecule has 0 saturated carbocycles. The predicted octanol–water partition coefficient (Wildman–Crippen LogP) is 3.65. The van der Waals surface area contributed by atoms with Gasteiger partial charge in [-0.15, -0.1) is 0 Å². The average Bonchev–Trinajstić information content (AvgIpc) is 2.47. The first-order chi connectivity index (χ1) is 9.66. The van der Waals surface area contributed by atoms with E-state index in [0.717, 1.165) is 0 Å². The SMILES string of the molecule is O=C(c1cnc2c(F)cccc2c1)c1cccnc1Cl. The zero-order valence-electron chi connectivity index (χ0n) is 10.2. The normalized spacial score (nSPS) is 10.7. The number of rotatable bonds is 2. The molecule has 1 aromatic carbocycles. The second-order valence-electron chi connectivity index (χ2n) is 4.21. The number of carbonyl (C=O) groups excluding carboxylic acids is 1. The van der Waals surface area contributed by atoms with E-state index >= 15 is 0 Å². The maximum atomic E-state index is 13.5. The Bertz CT molecular complexity index is 820. The van der Waals surface area contributed by atoms with E-state index in [0.29, 0.717) is 16.5 Å². The molecule has 0 amide bonds. The summed E-state index contributed by atoms with van der Waals surface area (Å²) in [4.78, 5) is 20.2. The molecule has 0 aliphatic heterocycles. The van der Waals surface area contributed by atoms with Gasteiger partial charge in [-0.25, -0.2) is 9.37 Å². The summed E-state index contributed by atoms with van der Waals surface area (Å²) in [5.74, 6) is -0.706. The Morgan fingerprint density at radius 1 is 1.15 bits per heavy atom. The van der Waals surface area contributed by atoms with Gasteiger partial charge >= 0.3 is 0 Å². The summed E-state index contributed by atoms with van der Waals surface area (Å²) < 4.78 is 13.5. The van der Waals surface area contributed by atoms with Crippen molar-refractivity contribution in [3.05, 3.63) is 70.9 Å². The number of aromatic nitrogens is 2. The molecule has 0 N–H and O–H groups in total. The minimum atomic E-state index is -0.416. The fourth-order valence-electron chi connectivity index (χ4n) is 1.96. The fraction of sp³-hybridized carbons (Fsp3) is 0. The van der Waals surface area contributed by atoms with Gasteiger partial charge in [-0.3, -0.25) is 9.78 Å². The van der Waals surface area contributed by atoms with Gasteiger partial charge in [-0.1, -0.05) is 23.7 Å². The number of carbonyl (C=O) groups is 1. The topological polar surface area (TPSA) is 42.9 Å². The molecule has 2 aromatic heterocycles. The van der Waals surface area contributed by atoms with Crippen LogP contribution in [0.15, 0.2) is 48.8 Å². The maximum absolute atomic E-state index is 13.5. The molecule has 0 aliphatic carbocycles. The van der Waals surface area contributed by atoms with Crippen LogP contribution in [0, 0.1) is 5.82 Å². The van der Waals surface area contributed by atoms with E-state index in [-0.39, 0.29) is 16.5 Å². The van der Waals surface area contributed by atoms with Crippen molar-refractivity contribution in [1.82, 2.24) is 9.97 Å². The second-order valence-corrected chi connectivity index (χ2v) is 4.56. The quantitative estimate of drug-likeness (QED) is 0.533. The Balaban J connectivity index is 2.11. The summed E-state index contributed by atoms with van der Waals surface area (Å²) in [6, 6.07) is 9.42. The van der Waals surface area contributed by atoms with E-state index in [1.807, 2.05) is 0 Å². The van der Waals surface area contributed by atoms with Gasteiger partial charge in [0.1, 0.15) is 16.5 Å². The van der Waals surface area contributed by atoms with Crippen molar-refractivity contribution in [1.29, 1.82) is 0 Å². The minimum absolute atomic E-state index is 0.136. The Hall–Kier alpha value is -2.33. The summed E-state index contributed by atoms with van der Waals surface area (Å²) in [5, 5.41) is 0.702. The van der Waals surface area contributed by atoms with E-state index in [1.165, 1.54) is 18.5 Å². The first-order valence-corrected chi connectivity index (χ1v) is 6.24. The van der Waals surface area contributed by atoms with Crippen LogP contribution in [0.1, 0.15) is 15.9 Å². The Kier molecular flexibility index (Phi) is 3.16. The molecular weight excluding hydrogens is 279 g/mol. The van der Waals surface area contributed by atoms with Crippen LogP contribution in [0.5, 0.6) is 0 Å². The number of halogens is 2. The summed E-state index contributed by atoms with van der Waals surface area (Å²) in [6.07, 6.45) is 2.85. The first kappa shape index (κ1) is 12.7. The van der Waals surface area contributed by atoms with E-state index in [4.69, 9.17) is 11.6 Å². The lowest BCUT2D eigenvalue weighted by Gasteiger charge is -2.04. The highest BCUT2D eigenvalue weighted by atomic mass is 35.5. The second kappa shape index (κ2) is 4.98. The van der Waals surface area contributed by atoms with Crippen LogP contribution in [0.3, 0.4) is 0 Å². The van der Waals surface area contributed by atoms with Crippen LogP contribution < -0.4 is 0 Å². The molecule has 0 unspecified atom stereocenters. The molecule has 3 nitrogen and oxygen atoms in total. The molecule has 3 aromatic rings. The fourth-order valence-corrected chi connectivity index (χ4v) is 2.16. The third kappa shape index (κ3) is 2.14. The highest BCUT2D eigenvalue weighted by molar-refractivity contribution is 6.33. The Morgan fingerprint density at radius 2 is 2.00 bits per heavy atom. The molecule has 0 spiro atoms. The number of para-hydroxylation sites is 1. The Morgan fingerprint density at radius 3 is 2.80 bits per heavy atom. The van der Waals surface area contributed by atoms with Crippen LogP contribution in [-0.2, 0) is 0 Å². The molecule has 0 bridgehead atoms. The molecule has 0 atom stereocenters. The van der Waals surface area contributed by atoms with Gasteiger partial charge in [0.2, 0.25) is 0 Å². The maximum Gasteiger partial charge on any atom is 0.197 e. The molecule has 2 heterocycles. The third-order valence-electron chi connectivity index (χ3n) is 2.93. The van der Waals surface area contributed by atoms with Crippen molar-refractivity contribution < 1.29 is 9.18 Å². The molecule has 98 valence electrons. The van der Waals surface area contributed by atoms with E-state index < -0.39 is 5.82 Å². The molecule has 20 heavy (non-hydrogen) atoms. The third-order valence-corrected chi connectivity index (χ3v) is 3.23. The minimum Gasteiger partial charge on any atom is -0.288 e. The van der Waals surface area contributed by atoms with Crippen LogP contribution in [0.25, 0.3) is 10.9 Å². The predicted molar refractivity (Wildman–Crippen MR) is 74.4 cm³/mol. The molecular formula is C15H8ClFN2O. The Labute approximate surface area is 119 Å². The molecule has 5 heteroatoms. The van der Waals surface area contributed by atoms with Gasteiger partial charge < -0.3 is 0 Å². The van der Waals surface area contributed by atoms with Gasteiger partial charge in [0.05, 0.1) is 5.56 Å². The highest BCUT2D eigenvalue weighted by Gasteiger charge is 2.14. The summed E-state index contributed by atoms with van der Waals surface area (Å²) in [6.45, 7) is 0. The highest BCUT2D eigenvalue weighted by Crippen LogP contribution is 2.20. The van der Waals surface area contributed by atoms with Gasteiger partial charge in [-0.2, -0.15) is 0 Å². The standard InChI is InChI=1S/C15H8ClFN2O/c16-15-11(4-2-6-18-15)14(20)10-7-9-3-1-5-12(17)13(9)19-8-10/h1-8H. The number of nitrogens with zero attached hydrogens (tertiary/aromatic N) is 2. The number of benzene rings is 1. The summed E-state index contributed by atoms with van der Waals surface area (Å²) in [7, 11) is 0. The van der Waals surface area contributed by atoms with Crippen molar-refractivity contribution in [3.63, 3.8) is 0 Å². The van der Waals surface area contributed by atoms with Crippen LogP contribution >= 0.6 is 11.6 Å². The van der Waals surface area contributed by atoms with Crippen molar-refractivity contribution in [2.24, 2.45) is 0 Å². The smallest absolute Gasteiger partial charge is 0.197 e. The molecule has 0 saturated heterocycles. The number of ketones is 1. The zero-order valence-corrected chi connectivity index (χ0v) is 10.9. The molecule has 0 radical (unpaired) electrons. The van der Waals surface area contributed by atoms with Crippen LogP contribution in [-0.4, -0.2) is 15.8 Å². The lowest BCUT2D eigenvalue weighted by molar-refractivity contribution is 0.103. The average molecular weight is 287 g/mol. The number of hydrogen-bond donors (Lipinski definition) is 0. The first-order valence-electron chi connectivity index (χ1n) is 5.86. The van der Waals surface area contributed by atoms with E-state index in [2.05, 4.69) is 9.97 Å². The van der Waals surface area contributed by atoms with Gasteiger partial charge in [0.25, 0.3) is 0 Å². The largest absolute Gasteiger partial charge is 0.288 e. The van der Waals surface area contributed by atoms with Crippen molar-refractivity contribution in [3.8, 4) is 0 Å². The van der Waals surface area contributed by atoms with E-state index in [1.54, 1.807) is 30.3 Å². The zero-order chi connectivity index (χ0) is 14.1. The summed E-state index contributed by atoms with van der Waals surface area (Å²) >= 11 is 5.90. The van der Waals surface area contributed by atoms with Gasteiger partial charge in [-0.05, 0) is 24.3 Å². The number of fused-ring (bicyclic) bond motifs is 1. The molecule has 0 aliphatic rings. The summed E-state index contributed by atoms with van der Waals surface area (Å²) in [5.41, 5.74) is 0.881. The van der Waals surface area contributed by atoms with Crippen LogP contribution in [0.4, 0.5) is 4.39 Å². The van der Waals surface area contributed by atoms with Crippen LogP contribution in [0.2, 0.25) is 5.15 Å². The van der Waals surface area contributed by atoms with E-state index in [9.17, 15) is 9.18 Å². The lowest BCUT2D eigenvalue weighted by Crippen LogP contribution is -2.04. The molecule has 3 rings (SSSR count). The monoisotopic (exact) mass is 286 g/mol. The van der Waals surface area contributed by atoms with Crippen molar-refractivity contribution in [2.45, 2.75) is 0 Å². The van der Waals surface area contributed by atoms with Crippen molar-refractivity contribution >= 4 is 28.3 Å². The van der Waals surface area contributed by atoms with Gasteiger partial charge in [0.15, 0.2) is 5.78 Å². The number of hydrogen-bond acceptors (Lipinski definition) is 3. The lowest BCUT2D eigenvalue weighted by atomic mass is 10.0. The van der Waals surface area contributed by atoms with Gasteiger partial charge in [0, 0.05) is 23.3 Å². The van der Waals surface area contributed by atoms with Crippen molar-refractivity contribution in [2.75, 3.05) is 0 Å².